The van der Waals surface area contributed by atoms with Crippen LogP contribution in [0.3, 0.4) is 0 Å². The molecule has 2 saturated heterocycles. The van der Waals surface area contributed by atoms with Crippen LogP contribution in [0.1, 0.15) is 67.7 Å². The third-order valence-electron chi connectivity index (χ3n) is 9.36. The molecule has 3 aliphatic heterocycles. The molecule has 1 saturated carbocycles. The number of halogens is 2. The second-order valence-corrected chi connectivity index (χ2v) is 22.0. The zero-order valence-electron chi connectivity index (χ0n) is 23.6. The summed E-state index contributed by atoms with van der Waals surface area (Å²) in [4.78, 5) is 5.21. The summed E-state index contributed by atoms with van der Waals surface area (Å²) in [6.45, 7) is 17.0. The molecule has 1 spiro atoms. The monoisotopic (exact) mass is 570 g/mol. The van der Waals surface area contributed by atoms with E-state index in [1.165, 1.54) is 29.9 Å². The first kappa shape index (κ1) is 27.2. The summed E-state index contributed by atoms with van der Waals surface area (Å²) in [6, 6.07) is 18.1. The van der Waals surface area contributed by atoms with Crippen LogP contribution in [0, 0.1) is 35.5 Å². The van der Waals surface area contributed by atoms with Gasteiger partial charge in [-0.1, -0.05) is 72.7 Å². The molecule has 202 valence electrons. The van der Waals surface area contributed by atoms with Gasteiger partial charge in [0, 0.05) is 23.6 Å². The molecule has 3 bridgehead atoms. The molecule has 7 unspecified atom stereocenters. The van der Waals surface area contributed by atoms with Gasteiger partial charge in [0.25, 0.3) is 0 Å². The van der Waals surface area contributed by atoms with Crippen LogP contribution in [0.4, 0.5) is 8.78 Å². The number of nitrogens with zero attached hydrogens (tertiary/aromatic N) is 1. The van der Waals surface area contributed by atoms with Crippen LogP contribution < -0.4 is 10.6 Å². The van der Waals surface area contributed by atoms with Gasteiger partial charge in [-0.05, 0) is 89.1 Å². The molecule has 3 fully saturated rings. The van der Waals surface area contributed by atoms with Crippen molar-refractivity contribution in [3.63, 3.8) is 0 Å². The lowest BCUT2D eigenvalue weighted by Gasteiger charge is -2.47. The Morgan fingerprint density at radius 3 is 1.82 bits per heavy atom. The van der Waals surface area contributed by atoms with E-state index in [0.717, 1.165) is 5.92 Å². The van der Waals surface area contributed by atoms with Gasteiger partial charge < -0.3 is 0 Å². The Morgan fingerprint density at radius 1 is 0.868 bits per heavy atom. The van der Waals surface area contributed by atoms with Gasteiger partial charge in [-0.25, -0.2) is 8.78 Å². The molecule has 0 amide bonds. The predicted octanol–water partition coefficient (Wildman–Crippen LogP) is 8.81. The second-order valence-electron chi connectivity index (χ2n) is 13.9. The zero-order chi connectivity index (χ0) is 27.3. The fraction of sp³-hybridized carbons (Fsp3) is 0.594. The van der Waals surface area contributed by atoms with Crippen LogP contribution in [-0.4, -0.2) is 31.2 Å². The molecule has 7 atom stereocenters. The van der Waals surface area contributed by atoms with Gasteiger partial charge in [-0.2, -0.15) is 11.8 Å². The molecule has 1 aliphatic carbocycles. The van der Waals surface area contributed by atoms with Crippen molar-refractivity contribution in [1.82, 2.24) is 0 Å². The summed E-state index contributed by atoms with van der Waals surface area (Å²) in [5.74, 6) is 1.38. The predicted molar refractivity (Wildman–Crippen MR) is 163 cm³/mol. The van der Waals surface area contributed by atoms with Crippen molar-refractivity contribution >= 4 is 38.2 Å². The van der Waals surface area contributed by atoms with Gasteiger partial charge in [-0.15, -0.1) is 0 Å². The second kappa shape index (κ2) is 9.00. The first-order chi connectivity index (χ1) is 17.8. The summed E-state index contributed by atoms with van der Waals surface area (Å²) in [6.07, 6.45) is 3.71. The molecule has 6 rings (SSSR count). The van der Waals surface area contributed by atoms with E-state index in [1.54, 1.807) is 24.3 Å². The van der Waals surface area contributed by atoms with Crippen LogP contribution in [0.5, 0.6) is 0 Å². The zero-order valence-corrected chi connectivity index (χ0v) is 26.2. The highest BCUT2D eigenvalue weighted by Gasteiger charge is 2.82. The molecule has 1 nitrogen and oxygen atoms in total. The van der Waals surface area contributed by atoms with Crippen molar-refractivity contribution in [2.45, 2.75) is 99.0 Å². The molecule has 2 aromatic carbocycles. The Morgan fingerprint density at radius 2 is 1.37 bits per heavy atom. The van der Waals surface area contributed by atoms with Crippen molar-refractivity contribution < 1.29 is 8.78 Å². The summed E-state index contributed by atoms with van der Waals surface area (Å²) < 4.78 is 28.3. The third kappa shape index (κ3) is 4.21. The third-order valence-corrected chi connectivity index (χ3v) is 18.2. The summed E-state index contributed by atoms with van der Waals surface area (Å²) in [7, 11) is -1.29. The SMILES string of the molecule is CC1C2CC3CC(P(c4ccc(F)cc4)c4ccc(F)cc4)C(C2)(S3)C1C1(P(C(C)(C)C)C(C)(C)C)C#[N+]1. The fourth-order valence-corrected chi connectivity index (χ4v) is 20.0. The smallest absolute Gasteiger partial charge is 0.207 e. The highest BCUT2D eigenvalue weighted by molar-refractivity contribution is 8.02. The molecular weight excluding hydrogens is 530 g/mol. The van der Waals surface area contributed by atoms with Gasteiger partial charge in [0.15, 0.2) is 0 Å². The van der Waals surface area contributed by atoms with Gasteiger partial charge in [0.2, 0.25) is 0 Å². The standard InChI is InChI=1S/C32H40F2NP2S/c1-20-21-16-26-17-27(36(24-12-8-22(33)9-13-24)25-14-10-23(34)11-15-25)31(18-21,38-26)28(20)32(19-35-32)37(29(2,3)4)30(5,6)7/h8-15,20-21,26-28H,16-18H2,1-7H3/q+1. The van der Waals surface area contributed by atoms with E-state index in [4.69, 9.17) is 4.85 Å². The van der Waals surface area contributed by atoms with E-state index in [-0.39, 0.29) is 32.0 Å². The lowest BCUT2D eigenvalue weighted by atomic mass is 9.79. The molecule has 0 radical (unpaired) electrons. The highest BCUT2D eigenvalue weighted by Crippen LogP contribution is 2.81. The number of rotatable bonds is 5. The van der Waals surface area contributed by atoms with Crippen molar-refractivity contribution in [2.24, 2.45) is 17.8 Å². The largest absolute Gasteiger partial charge is 0.426 e. The van der Waals surface area contributed by atoms with Crippen LogP contribution in [0.25, 0.3) is 4.85 Å². The van der Waals surface area contributed by atoms with Crippen molar-refractivity contribution in [1.29, 1.82) is 0 Å². The molecular formula is C32H40F2NP2S+. The van der Waals surface area contributed by atoms with E-state index in [0.29, 0.717) is 22.7 Å². The van der Waals surface area contributed by atoms with E-state index < -0.39 is 15.8 Å². The maximum atomic E-state index is 14.1. The molecule has 0 N–H and O–H groups in total. The Balaban J connectivity index is 1.50. The Bertz CT molecular complexity index is 1220. The fourth-order valence-electron chi connectivity index (χ4n) is 8.78. The van der Waals surface area contributed by atoms with E-state index in [2.05, 4.69) is 66.3 Å². The minimum absolute atomic E-state index is 0.117. The number of fused-ring (bicyclic) bond motifs is 2. The van der Waals surface area contributed by atoms with Crippen molar-refractivity contribution in [2.75, 3.05) is 0 Å². The van der Waals surface area contributed by atoms with Gasteiger partial charge in [-0.3, -0.25) is 0 Å². The Labute approximate surface area is 234 Å². The lowest BCUT2D eigenvalue weighted by Crippen LogP contribution is -2.51. The maximum absolute atomic E-state index is 14.1. The summed E-state index contributed by atoms with van der Waals surface area (Å²) in [5.41, 5.74) is 0.453. The molecule has 6 heteroatoms. The lowest BCUT2D eigenvalue weighted by molar-refractivity contribution is 0.289. The van der Waals surface area contributed by atoms with Crippen molar-refractivity contribution in [3.8, 4) is 6.07 Å². The number of hydrogen-bond donors (Lipinski definition) is 0. The van der Waals surface area contributed by atoms with E-state index in [1.807, 2.05) is 24.3 Å². The summed E-state index contributed by atoms with van der Waals surface area (Å²) >= 11 is 2.27. The molecule has 38 heavy (non-hydrogen) atoms. The maximum Gasteiger partial charge on any atom is 0.426 e. The normalized spacial score (nSPS) is 35.5. The minimum atomic E-state index is -0.793. The molecule has 4 aliphatic rings. The van der Waals surface area contributed by atoms with Crippen LogP contribution in [0.2, 0.25) is 0 Å². The van der Waals surface area contributed by atoms with Crippen LogP contribution in [0.15, 0.2) is 48.5 Å². The molecule has 3 heterocycles. The number of benzene rings is 2. The topological polar surface area (TPSA) is 4.36 Å². The van der Waals surface area contributed by atoms with Crippen molar-refractivity contribution in [3.05, 3.63) is 65.0 Å². The highest BCUT2D eigenvalue weighted by atomic mass is 32.2. The minimum Gasteiger partial charge on any atom is -0.207 e. The average molecular weight is 571 g/mol. The number of thioether (sulfide) groups is 1. The van der Waals surface area contributed by atoms with Crippen LogP contribution >= 0.6 is 27.6 Å². The molecule has 2 aromatic rings. The van der Waals surface area contributed by atoms with E-state index in [9.17, 15) is 8.78 Å². The average Bonchev–Trinajstić information content (AvgIpc) is 3.48. The first-order valence-electron chi connectivity index (χ1n) is 14.0. The Hall–Kier alpha value is -1.00. The summed E-state index contributed by atoms with van der Waals surface area (Å²) in [5, 5.41) is 3.22. The van der Waals surface area contributed by atoms with Gasteiger partial charge in [0.05, 0.1) is 5.92 Å². The molecule has 0 aromatic heterocycles. The van der Waals surface area contributed by atoms with Crippen LogP contribution in [-0.2, 0) is 0 Å². The van der Waals surface area contributed by atoms with Gasteiger partial charge in [0.1, 0.15) is 11.6 Å². The van der Waals surface area contributed by atoms with E-state index >= 15 is 0 Å². The van der Waals surface area contributed by atoms with Gasteiger partial charge >= 0.3 is 11.3 Å². The Kier molecular flexibility index (Phi) is 6.44. The number of hydrogen-bond acceptors (Lipinski definition) is 1. The quantitative estimate of drug-likeness (QED) is 0.325. The first-order valence-corrected chi connectivity index (χ1v) is 17.7.